The molecule has 0 radical (unpaired) electrons. The molecule has 0 unspecified atom stereocenters. The van der Waals surface area contributed by atoms with Gasteiger partial charge in [0.05, 0.1) is 13.2 Å². The first-order valence-electron chi connectivity index (χ1n) is 5.69. The Morgan fingerprint density at radius 1 is 1.47 bits per heavy atom. The summed E-state index contributed by atoms with van der Waals surface area (Å²) in [5, 5.41) is 3.18. The number of aliphatic imine (C=N–C) groups is 1. The van der Waals surface area contributed by atoms with Crippen molar-refractivity contribution in [3.63, 3.8) is 0 Å². The molecule has 1 aliphatic carbocycles. The highest BCUT2D eigenvalue weighted by molar-refractivity contribution is 5.94. The van der Waals surface area contributed by atoms with Gasteiger partial charge in [0.2, 0.25) is 5.96 Å². The van der Waals surface area contributed by atoms with Crippen molar-refractivity contribution in [3.8, 4) is 5.75 Å². The van der Waals surface area contributed by atoms with E-state index < -0.39 is 0 Å². The number of nitrogens with two attached hydrogens (primary N) is 1. The number of benzene rings is 1. The van der Waals surface area contributed by atoms with Crippen molar-refractivity contribution in [3.05, 3.63) is 23.8 Å². The van der Waals surface area contributed by atoms with Gasteiger partial charge in [0, 0.05) is 5.69 Å². The molecule has 0 saturated heterocycles. The number of aryl methyl sites for hydroxylation is 1. The minimum atomic E-state index is 0.423. The van der Waals surface area contributed by atoms with Crippen LogP contribution in [0.2, 0.25) is 0 Å². The normalized spacial score (nSPS) is 15.6. The number of hydrogen-bond donors (Lipinski definition) is 3. The van der Waals surface area contributed by atoms with E-state index in [0.29, 0.717) is 12.0 Å². The quantitative estimate of drug-likeness (QED) is 0.320. The second-order valence-electron chi connectivity index (χ2n) is 4.16. The summed E-state index contributed by atoms with van der Waals surface area (Å²) in [6.07, 6.45) is 2.29. The molecule has 92 valence electrons. The molecular formula is C12H18N4O. The zero-order valence-electron chi connectivity index (χ0n) is 10.2. The molecule has 4 N–H and O–H groups in total. The third kappa shape index (κ3) is 3.10. The summed E-state index contributed by atoms with van der Waals surface area (Å²) >= 11 is 0. The van der Waals surface area contributed by atoms with Gasteiger partial charge in [-0.05, 0) is 43.5 Å². The van der Waals surface area contributed by atoms with E-state index in [1.54, 1.807) is 7.11 Å². The molecule has 5 heteroatoms. The Bertz CT molecular complexity index is 427. The highest BCUT2D eigenvalue weighted by atomic mass is 16.5. The van der Waals surface area contributed by atoms with Crippen LogP contribution in [0.4, 0.5) is 5.69 Å². The average Bonchev–Trinajstić information content (AvgIpc) is 3.14. The summed E-state index contributed by atoms with van der Waals surface area (Å²) in [7, 11) is 1.66. The molecule has 1 fully saturated rings. The van der Waals surface area contributed by atoms with Crippen LogP contribution in [0.1, 0.15) is 18.4 Å². The molecule has 5 nitrogen and oxygen atoms in total. The van der Waals surface area contributed by atoms with Crippen LogP contribution in [-0.2, 0) is 0 Å². The molecule has 0 atom stereocenters. The minimum Gasteiger partial charge on any atom is -0.497 e. The number of methoxy groups -OCH3 is 1. The molecule has 0 amide bonds. The number of guanidine groups is 1. The first-order chi connectivity index (χ1) is 8.22. The van der Waals surface area contributed by atoms with Gasteiger partial charge in [-0.2, -0.15) is 0 Å². The second-order valence-corrected chi connectivity index (χ2v) is 4.16. The van der Waals surface area contributed by atoms with E-state index in [1.807, 2.05) is 25.1 Å². The minimum absolute atomic E-state index is 0.423. The van der Waals surface area contributed by atoms with Crippen molar-refractivity contribution >= 4 is 11.6 Å². The lowest BCUT2D eigenvalue weighted by molar-refractivity contribution is 0.414. The van der Waals surface area contributed by atoms with Gasteiger partial charge in [-0.15, -0.1) is 0 Å². The highest BCUT2D eigenvalue weighted by Gasteiger charge is 2.21. The van der Waals surface area contributed by atoms with Gasteiger partial charge in [0.25, 0.3) is 0 Å². The van der Waals surface area contributed by atoms with E-state index in [0.717, 1.165) is 29.8 Å². The lowest BCUT2D eigenvalue weighted by Gasteiger charge is -2.12. The summed E-state index contributed by atoms with van der Waals surface area (Å²) in [5.41, 5.74) is 4.65. The van der Waals surface area contributed by atoms with Gasteiger partial charge in [-0.1, -0.05) is 0 Å². The Labute approximate surface area is 101 Å². The highest BCUT2D eigenvalue weighted by Crippen LogP contribution is 2.24. The third-order valence-corrected chi connectivity index (χ3v) is 2.68. The Morgan fingerprint density at radius 3 is 2.76 bits per heavy atom. The van der Waals surface area contributed by atoms with E-state index in [4.69, 9.17) is 10.6 Å². The van der Waals surface area contributed by atoms with E-state index >= 15 is 0 Å². The monoisotopic (exact) mass is 234 g/mol. The van der Waals surface area contributed by atoms with Crippen LogP contribution in [0.5, 0.6) is 5.75 Å². The molecule has 0 spiro atoms. The van der Waals surface area contributed by atoms with Crippen LogP contribution >= 0.6 is 0 Å². The zero-order chi connectivity index (χ0) is 12.3. The lowest BCUT2D eigenvalue weighted by atomic mass is 10.2. The van der Waals surface area contributed by atoms with E-state index in [2.05, 4.69) is 15.7 Å². The number of rotatable bonds is 3. The predicted molar refractivity (Wildman–Crippen MR) is 69.1 cm³/mol. The number of anilines is 1. The van der Waals surface area contributed by atoms with Gasteiger partial charge in [0.15, 0.2) is 0 Å². The summed E-state index contributed by atoms with van der Waals surface area (Å²) in [4.78, 5) is 4.42. The summed E-state index contributed by atoms with van der Waals surface area (Å²) in [6.45, 7) is 2.01. The van der Waals surface area contributed by atoms with E-state index in [-0.39, 0.29) is 0 Å². The summed E-state index contributed by atoms with van der Waals surface area (Å²) in [6, 6.07) is 6.24. The standard InChI is InChI=1S/C12H18N4O/c1-8-7-10(17-2)5-6-11(8)15-12(16-13)14-9-3-4-9/h5-7,9H,3-4,13H2,1-2H3,(H2,14,15,16). The van der Waals surface area contributed by atoms with Gasteiger partial charge in [-0.25, -0.2) is 10.8 Å². The molecule has 0 bridgehead atoms. The molecule has 1 aliphatic rings. The summed E-state index contributed by atoms with van der Waals surface area (Å²) in [5.74, 6) is 6.89. The van der Waals surface area contributed by atoms with Gasteiger partial charge in [0.1, 0.15) is 5.75 Å². The molecule has 1 aromatic rings. The predicted octanol–water partition coefficient (Wildman–Crippen LogP) is 1.40. The fourth-order valence-electron chi connectivity index (χ4n) is 1.52. The fraction of sp³-hybridized carbons (Fsp3) is 0.417. The number of nitrogens with zero attached hydrogens (tertiary/aromatic N) is 1. The molecular weight excluding hydrogens is 216 g/mol. The zero-order valence-corrected chi connectivity index (χ0v) is 10.2. The number of hydrogen-bond acceptors (Lipinski definition) is 3. The third-order valence-electron chi connectivity index (χ3n) is 2.68. The second kappa shape index (κ2) is 5.05. The van der Waals surface area contributed by atoms with Crippen LogP contribution in [0.15, 0.2) is 23.2 Å². The lowest BCUT2D eigenvalue weighted by Crippen LogP contribution is -2.36. The Balaban J connectivity index is 2.11. The van der Waals surface area contributed by atoms with Crippen molar-refractivity contribution in [2.24, 2.45) is 10.8 Å². The topological polar surface area (TPSA) is 71.7 Å². The van der Waals surface area contributed by atoms with Crippen molar-refractivity contribution in [2.75, 3.05) is 12.4 Å². The first kappa shape index (κ1) is 11.7. The van der Waals surface area contributed by atoms with Crippen LogP contribution in [0, 0.1) is 6.92 Å². The fourth-order valence-corrected chi connectivity index (χ4v) is 1.52. The van der Waals surface area contributed by atoms with Crippen LogP contribution in [0.25, 0.3) is 0 Å². The van der Waals surface area contributed by atoms with Crippen molar-refractivity contribution in [1.82, 2.24) is 5.43 Å². The van der Waals surface area contributed by atoms with Crippen molar-refractivity contribution in [1.29, 1.82) is 0 Å². The molecule has 0 aromatic heterocycles. The number of hydrazine groups is 1. The Kier molecular flexibility index (Phi) is 3.49. The Morgan fingerprint density at radius 2 is 2.24 bits per heavy atom. The molecule has 1 saturated carbocycles. The maximum absolute atomic E-state index is 5.43. The maximum Gasteiger partial charge on any atom is 0.210 e. The summed E-state index contributed by atoms with van der Waals surface area (Å²) < 4.78 is 5.16. The van der Waals surface area contributed by atoms with Gasteiger partial charge >= 0.3 is 0 Å². The smallest absolute Gasteiger partial charge is 0.210 e. The van der Waals surface area contributed by atoms with Crippen molar-refractivity contribution < 1.29 is 4.74 Å². The molecule has 17 heavy (non-hydrogen) atoms. The van der Waals surface area contributed by atoms with Gasteiger partial charge < -0.3 is 10.1 Å². The molecule has 2 rings (SSSR count). The van der Waals surface area contributed by atoms with Crippen LogP contribution in [0.3, 0.4) is 0 Å². The van der Waals surface area contributed by atoms with Gasteiger partial charge in [-0.3, -0.25) is 5.43 Å². The average molecular weight is 234 g/mol. The van der Waals surface area contributed by atoms with Crippen LogP contribution < -0.4 is 21.3 Å². The molecule has 0 aliphatic heterocycles. The van der Waals surface area contributed by atoms with Crippen LogP contribution in [-0.4, -0.2) is 19.1 Å². The van der Waals surface area contributed by atoms with E-state index in [9.17, 15) is 0 Å². The molecule has 0 heterocycles. The van der Waals surface area contributed by atoms with E-state index in [1.165, 1.54) is 0 Å². The molecule has 1 aromatic carbocycles. The van der Waals surface area contributed by atoms with Crippen molar-refractivity contribution in [2.45, 2.75) is 25.8 Å². The first-order valence-corrected chi connectivity index (χ1v) is 5.69. The largest absolute Gasteiger partial charge is 0.497 e. The number of nitrogens with one attached hydrogen (secondary N) is 2. The number of ether oxygens (including phenoxy) is 1. The maximum atomic E-state index is 5.43. The SMILES string of the molecule is COc1ccc(NC(=NC2CC2)NN)c(C)c1. The Hall–Kier alpha value is -1.75.